The van der Waals surface area contributed by atoms with Gasteiger partial charge in [0.1, 0.15) is 10.7 Å². The fourth-order valence-electron chi connectivity index (χ4n) is 1.85. The Morgan fingerprint density at radius 1 is 1.17 bits per heavy atom. The lowest BCUT2D eigenvalue weighted by molar-refractivity contribution is 0.0961. The Hall–Kier alpha value is -2.93. The van der Waals surface area contributed by atoms with E-state index in [1.807, 2.05) is 6.07 Å². The van der Waals surface area contributed by atoms with Crippen molar-refractivity contribution in [2.75, 3.05) is 7.05 Å². The molecular weight excluding hydrogens is 318 g/mol. The summed E-state index contributed by atoms with van der Waals surface area (Å²) in [5.74, 6) is -0.671. The highest BCUT2D eigenvalue weighted by atomic mass is 35.5. The van der Waals surface area contributed by atoms with Crippen LogP contribution < -0.4 is 11.1 Å². The fraction of sp³-hybridized carbons (Fsp3) is 0.0667. The number of carbonyl (C=O) groups is 2. The predicted molar refractivity (Wildman–Crippen MR) is 87.2 cm³/mol. The number of hydrogen-bond acceptors (Lipinski definition) is 4. The van der Waals surface area contributed by atoms with Gasteiger partial charge >= 0.3 is 0 Å². The van der Waals surface area contributed by atoms with Gasteiger partial charge in [-0.1, -0.05) is 17.7 Å². The molecule has 1 aromatic carbocycles. The Morgan fingerprint density at radius 3 is 2.57 bits per heavy atom. The number of para-hydroxylation sites is 1. The molecule has 2 amide bonds. The normalized spacial score (nSPS) is 9.83. The van der Waals surface area contributed by atoms with Gasteiger partial charge in [-0.05, 0) is 24.3 Å². The number of amides is 2. The molecule has 23 heavy (non-hydrogen) atoms. The molecule has 0 bridgehead atoms. The van der Waals surface area contributed by atoms with Gasteiger partial charge < -0.3 is 16.0 Å². The Bertz CT molecular complexity index is 847. The minimum absolute atomic E-state index is 0.219. The van der Waals surface area contributed by atoms with Gasteiger partial charge in [-0.25, -0.2) is 9.97 Å². The first-order valence-electron chi connectivity index (χ1n) is 6.59. The van der Waals surface area contributed by atoms with Crippen LogP contribution in [0, 0.1) is 0 Å². The van der Waals surface area contributed by atoms with E-state index in [2.05, 4.69) is 20.3 Å². The van der Waals surface area contributed by atoms with E-state index in [-0.39, 0.29) is 11.1 Å². The van der Waals surface area contributed by atoms with Crippen LogP contribution >= 0.6 is 11.6 Å². The summed E-state index contributed by atoms with van der Waals surface area (Å²) in [6.45, 7) is 0. The number of fused-ring (bicyclic) bond motifs is 1. The lowest BCUT2D eigenvalue weighted by atomic mass is 10.2. The lowest BCUT2D eigenvalue weighted by Gasteiger charge is -1.99. The maximum absolute atomic E-state index is 11.0. The molecule has 0 aliphatic carbocycles. The summed E-state index contributed by atoms with van der Waals surface area (Å²) in [7, 11) is 1.55. The van der Waals surface area contributed by atoms with E-state index in [0.29, 0.717) is 16.6 Å². The van der Waals surface area contributed by atoms with E-state index >= 15 is 0 Å². The molecule has 0 saturated carbocycles. The van der Waals surface area contributed by atoms with Crippen molar-refractivity contribution in [2.45, 2.75) is 0 Å². The van der Waals surface area contributed by atoms with E-state index in [1.165, 1.54) is 12.5 Å². The van der Waals surface area contributed by atoms with Crippen molar-refractivity contribution in [3.63, 3.8) is 0 Å². The molecule has 2 heterocycles. The Labute approximate surface area is 136 Å². The van der Waals surface area contributed by atoms with Crippen molar-refractivity contribution in [3.8, 4) is 0 Å². The number of carbonyl (C=O) groups excluding carboxylic acids is 2. The molecular formula is C15H14ClN5O2. The number of nitrogens with zero attached hydrogens (tertiary/aromatic N) is 2. The molecule has 0 atom stereocenters. The Kier molecular flexibility index (Phi) is 5.27. The quantitative estimate of drug-likeness (QED) is 0.621. The summed E-state index contributed by atoms with van der Waals surface area (Å²) >= 11 is 5.63. The van der Waals surface area contributed by atoms with Gasteiger partial charge in [0.15, 0.2) is 0 Å². The van der Waals surface area contributed by atoms with Crippen molar-refractivity contribution in [2.24, 2.45) is 5.73 Å². The predicted octanol–water partition coefficient (Wildman–Crippen LogP) is 1.76. The zero-order chi connectivity index (χ0) is 16.8. The summed E-state index contributed by atoms with van der Waals surface area (Å²) in [6.07, 6.45) is 3.08. The smallest absolute Gasteiger partial charge is 0.254 e. The number of hydrogen-bond donors (Lipinski definition) is 3. The molecule has 4 N–H and O–H groups in total. The Balaban J connectivity index is 0.000000168. The molecule has 2 aromatic heterocycles. The molecule has 0 fully saturated rings. The number of H-pyrrole nitrogens is 1. The number of aromatic nitrogens is 3. The van der Waals surface area contributed by atoms with Crippen LogP contribution in [0.1, 0.15) is 20.7 Å². The highest BCUT2D eigenvalue weighted by Crippen LogP contribution is 2.13. The summed E-state index contributed by atoms with van der Waals surface area (Å²) in [6, 6.07) is 8.55. The largest absolute Gasteiger partial charge is 0.366 e. The maximum Gasteiger partial charge on any atom is 0.254 e. The summed E-state index contributed by atoms with van der Waals surface area (Å²) in [4.78, 5) is 32.5. The zero-order valence-corrected chi connectivity index (χ0v) is 13.0. The van der Waals surface area contributed by atoms with Crippen LogP contribution in [0.2, 0.25) is 5.15 Å². The van der Waals surface area contributed by atoms with E-state index in [9.17, 15) is 9.59 Å². The fourth-order valence-corrected chi connectivity index (χ4v) is 2.06. The standard InChI is InChI=1S/C8H7N3O.C7H7ClN2O/c9-8(12)5-2-1-3-6-7(5)11-4-10-6;1-9-7(11)5-3-2-4-10-6(5)8/h1-4H,(H2,9,12)(H,10,11);2-4H,1H3,(H,9,11). The average molecular weight is 332 g/mol. The topological polar surface area (TPSA) is 114 Å². The average Bonchev–Trinajstić information content (AvgIpc) is 3.03. The second-order valence-corrected chi connectivity index (χ2v) is 4.75. The second kappa shape index (κ2) is 7.37. The van der Waals surface area contributed by atoms with Crippen LogP contribution in [0.15, 0.2) is 42.9 Å². The van der Waals surface area contributed by atoms with Gasteiger partial charge in [-0.15, -0.1) is 0 Å². The molecule has 3 aromatic rings. The van der Waals surface area contributed by atoms with Crippen LogP contribution in [0.25, 0.3) is 11.0 Å². The zero-order valence-electron chi connectivity index (χ0n) is 12.2. The van der Waals surface area contributed by atoms with Crippen molar-refractivity contribution < 1.29 is 9.59 Å². The molecule has 0 saturated heterocycles. The first-order chi connectivity index (χ1) is 11.0. The van der Waals surface area contributed by atoms with Gasteiger partial charge in [0, 0.05) is 13.2 Å². The van der Waals surface area contributed by atoms with E-state index < -0.39 is 5.91 Å². The van der Waals surface area contributed by atoms with E-state index in [1.54, 1.807) is 31.3 Å². The monoisotopic (exact) mass is 331 g/mol. The van der Waals surface area contributed by atoms with Crippen LogP contribution in [-0.4, -0.2) is 33.8 Å². The SMILES string of the molecule is CNC(=O)c1cccnc1Cl.NC(=O)c1cccc2[nH]cnc12. The third-order valence-electron chi connectivity index (χ3n) is 2.95. The number of benzene rings is 1. The van der Waals surface area contributed by atoms with Gasteiger partial charge in [0.25, 0.3) is 11.8 Å². The molecule has 0 spiro atoms. The maximum atomic E-state index is 11.0. The molecule has 0 aliphatic heterocycles. The van der Waals surface area contributed by atoms with Gasteiger partial charge in [-0.2, -0.15) is 0 Å². The molecule has 0 unspecified atom stereocenters. The molecule has 118 valence electrons. The number of aromatic amines is 1. The molecule has 0 aliphatic rings. The second-order valence-electron chi connectivity index (χ2n) is 4.39. The molecule has 3 rings (SSSR count). The molecule has 0 radical (unpaired) electrons. The van der Waals surface area contributed by atoms with Crippen LogP contribution in [0.4, 0.5) is 0 Å². The van der Waals surface area contributed by atoms with Crippen LogP contribution in [0.5, 0.6) is 0 Å². The van der Waals surface area contributed by atoms with Gasteiger partial charge in [0.2, 0.25) is 0 Å². The third-order valence-corrected chi connectivity index (χ3v) is 3.25. The van der Waals surface area contributed by atoms with E-state index in [0.717, 1.165) is 5.52 Å². The summed E-state index contributed by atoms with van der Waals surface area (Å²) in [5, 5.41) is 2.69. The number of rotatable bonds is 2. The van der Waals surface area contributed by atoms with E-state index in [4.69, 9.17) is 17.3 Å². The highest BCUT2D eigenvalue weighted by molar-refractivity contribution is 6.32. The van der Waals surface area contributed by atoms with Crippen LogP contribution in [-0.2, 0) is 0 Å². The molecule has 7 nitrogen and oxygen atoms in total. The van der Waals surface area contributed by atoms with Crippen molar-refractivity contribution in [1.29, 1.82) is 0 Å². The number of primary amides is 1. The number of halogens is 1. The Morgan fingerprint density at radius 2 is 1.91 bits per heavy atom. The number of pyridine rings is 1. The summed E-state index contributed by atoms with van der Waals surface area (Å²) in [5.41, 5.74) is 7.45. The van der Waals surface area contributed by atoms with Crippen molar-refractivity contribution in [1.82, 2.24) is 20.3 Å². The van der Waals surface area contributed by atoms with Crippen molar-refractivity contribution >= 4 is 34.4 Å². The lowest BCUT2D eigenvalue weighted by Crippen LogP contribution is -2.18. The first kappa shape index (κ1) is 16.4. The number of nitrogens with one attached hydrogen (secondary N) is 2. The minimum Gasteiger partial charge on any atom is -0.366 e. The minimum atomic E-state index is -0.451. The molecule has 8 heteroatoms. The number of nitrogens with two attached hydrogens (primary N) is 1. The van der Waals surface area contributed by atoms with Crippen molar-refractivity contribution in [3.05, 3.63) is 59.1 Å². The third kappa shape index (κ3) is 3.83. The van der Waals surface area contributed by atoms with Gasteiger partial charge in [-0.3, -0.25) is 9.59 Å². The summed E-state index contributed by atoms with van der Waals surface area (Å²) < 4.78 is 0. The highest BCUT2D eigenvalue weighted by Gasteiger charge is 2.07. The first-order valence-corrected chi connectivity index (χ1v) is 6.97. The number of imidazole rings is 1. The van der Waals surface area contributed by atoms with Crippen LogP contribution in [0.3, 0.4) is 0 Å². The van der Waals surface area contributed by atoms with Gasteiger partial charge in [0.05, 0.1) is 23.0 Å².